The van der Waals surface area contributed by atoms with Gasteiger partial charge in [0.15, 0.2) is 0 Å². The Morgan fingerprint density at radius 3 is 2.86 bits per heavy atom. The van der Waals surface area contributed by atoms with Crippen LogP contribution in [0.15, 0.2) is 30.3 Å². The molecule has 1 aromatic rings. The highest BCUT2D eigenvalue weighted by Gasteiger charge is 2.54. The van der Waals surface area contributed by atoms with E-state index in [1.165, 1.54) is 0 Å². The number of rotatable bonds is 6. The fraction of sp³-hybridized carbons (Fsp3) is 0.533. The minimum atomic E-state index is -0.466. The fourth-order valence-corrected chi connectivity index (χ4v) is 2.49. The smallest absolute Gasteiger partial charge is 0.407 e. The Kier molecular flexibility index (Phi) is 4.38. The Hall–Kier alpha value is -1.63. The van der Waals surface area contributed by atoms with Gasteiger partial charge in [0.25, 0.3) is 0 Å². The maximum atomic E-state index is 11.7. The van der Waals surface area contributed by atoms with Crippen molar-refractivity contribution in [2.75, 3.05) is 20.3 Å². The average molecular weight is 293 g/mol. The van der Waals surface area contributed by atoms with E-state index in [2.05, 4.69) is 5.32 Å². The highest BCUT2D eigenvalue weighted by atomic mass is 16.7. The van der Waals surface area contributed by atoms with Gasteiger partial charge in [-0.05, 0) is 5.56 Å². The van der Waals surface area contributed by atoms with Gasteiger partial charge in [-0.15, -0.1) is 0 Å². The van der Waals surface area contributed by atoms with Crippen LogP contribution in [0.4, 0.5) is 4.79 Å². The summed E-state index contributed by atoms with van der Waals surface area (Å²) in [5, 5.41) is 2.70. The molecule has 1 aromatic carbocycles. The van der Waals surface area contributed by atoms with E-state index in [0.717, 1.165) is 5.56 Å². The molecular weight excluding hydrogens is 274 g/mol. The van der Waals surface area contributed by atoms with Crippen molar-refractivity contribution in [3.05, 3.63) is 35.9 Å². The summed E-state index contributed by atoms with van der Waals surface area (Å²) in [6.07, 6.45) is -0.497. The van der Waals surface area contributed by atoms with Crippen LogP contribution in [0.25, 0.3) is 0 Å². The van der Waals surface area contributed by atoms with E-state index in [1.54, 1.807) is 7.11 Å². The van der Waals surface area contributed by atoms with Gasteiger partial charge >= 0.3 is 6.09 Å². The normalized spacial score (nSPS) is 27.8. The number of amides is 1. The molecule has 114 valence electrons. The third kappa shape index (κ3) is 3.53. The topological polar surface area (TPSA) is 69.3 Å². The lowest BCUT2D eigenvalue weighted by molar-refractivity contribution is -0.0630. The van der Waals surface area contributed by atoms with E-state index in [-0.39, 0.29) is 31.0 Å². The van der Waals surface area contributed by atoms with E-state index in [9.17, 15) is 4.79 Å². The number of methoxy groups -OCH3 is 1. The zero-order chi connectivity index (χ0) is 14.7. The molecule has 0 spiro atoms. The molecule has 1 amide bonds. The molecule has 6 heteroatoms. The van der Waals surface area contributed by atoms with Gasteiger partial charge < -0.3 is 24.3 Å². The first-order chi connectivity index (χ1) is 10.3. The first-order valence-electron chi connectivity index (χ1n) is 7.02. The van der Waals surface area contributed by atoms with Crippen molar-refractivity contribution in [1.82, 2.24) is 5.32 Å². The van der Waals surface area contributed by atoms with Crippen LogP contribution in [-0.2, 0) is 25.6 Å². The molecule has 2 aliphatic heterocycles. The van der Waals surface area contributed by atoms with Crippen molar-refractivity contribution in [2.45, 2.75) is 31.0 Å². The van der Waals surface area contributed by atoms with Crippen molar-refractivity contribution < 1.29 is 23.7 Å². The van der Waals surface area contributed by atoms with Gasteiger partial charge in [0, 0.05) is 13.7 Å². The largest absolute Gasteiger partial charge is 0.445 e. The van der Waals surface area contributed by atoms with Gasteiger partial charge in [-0.25, -0.2) is 4.79 Å². The standard InChI is InChI=1S/C15H19NO5/c1-18-11(13-14-12(21-14)9-19-13)7-16-15(17)20-8-10-5-3-2-4-6-10/h2-6,11-14H,7-9H2,1H3,(H,16,17)/t11-,12-,13+,14-/m0/s1. The quantitative estimate of drug-likeness (QED) is 0.795. The number of ether oxygens (including phenoxy) is 4. The minimum absolute atomic E-state index is 0.108. The molecular formula is C15H19NO5. The number of benzene rings is 1. The number of carbonyl (C=O) groups is 1. The average Bonchev–Trinajstić information content (AvgIpc) is 3.19. The molecule has 0 unspecified atom stereocenters. The summed E-state index contributed by atoms with van der Waals surface area (Å²) in [6.45, 7) is 1.19. The summed E-state index contributed by atoms with van der Waals surface area (Å²) in [4.78, 5) is 11.7. The van der Waals surface area contributed by atoms with Gasteiger partial charge in [-0.1, -0.05) is 30.3 Å². The summed E-state index contributed by atoms with van der Waals surface area (Å²) in [6, 6.07) is 9.54. The molecule has 6 nitrogen and oxygen atoms in total. The third-order valence-electron chi connectivity index (χ3n) is 3.73. The van der Waals surface area contributed by atoms with Crippen LogP contribution in [0.3, 0.4) is 0 Å². The SMILES string of the molecule is CO[C@@H](CNC(=O)OCc1ccccc1)[C@H]1OC[C@@H]2O[C@H]12. The Balaban J connectivity index is 1.40. The Morgan fingerprint density at radius 1 is 1.43 bits per heavy atom. The Morgan fingerprint density at radius 2 is 2.24 bits per heavy atom. The summed E-state index contributed by atoms with van der Waals surface area (Å²) < 4.78 is 21.5. The number of hydrogen-bond donors (Lipinski definition) is 1. The van der Waals surface area contributed by atoms with Crippen LogP contribution in [0.5, 0.6) is 0 Å². The van der Waals surface area contributed by atoms with Crippen molar-refractivity contribution in [3.8, 4) is 0 Å². The Labute approximate surface area is 123 Å². The third-order valence-corrected chi connectivity index (χ3v) is 3.73. The molecule has 2 saturated heterocycles. The van der Waals surface area contributed by atoms with Gasteiger partial charge in [0.2, 0.25) is 0 Å². The molecule has 3 rings (SSSR count). The molecule has 0 aliphatic carbocycles. The number of nitrogens with one attached hydrogen (secondary N) is 1. The van der Waals surface area contributed by atoms with Gasteiger partial charge in [0.05, 0.1) is 6.61 Å². The summed E-state index contributed by atoms with van der Waals surface area (Å²) >= 11 is 0. The number of fused-ring (bicyclic) bond motifs is 1. The number of hydrogen-bond acceptors (Lipinski definition) is 5. The second-order valence-electron chi connectivity index (χ2n) is 5.15. The zero-order valence-corrected chi connectivity index (χ0v) is 11.9. The van der Waals surface area contributed by atoms with Crippen molar-refractivity contribution in [1.29, 1.82) is 0 Å². The highest BCUT2D eigenvalue weighted by molar-refractivity contribution is 5.67. The van der Waals surface area contributed by atoms with E-state index < -0.39 is 6.09 Å². The van der Waals surface area contributed by atoms with Gasteiger partial charge in [-0.3, -0.25) is 0 Å². The molecule has 21 heavy (non-hydrogen) atoms. The van der Waals surface area contributed by atoms with E-state index >= 15 is 0 Å². The molecule has 1 N–H and O–H groups in total. The molecule has 2 aliphatic rings. The monoisotopic (exact) mass is 293 g/mol. The lowest BCUT2D eigenvalue weighted by atomic mass is 10.1. The van der Waals surface area contributed by atoms with Crippen LogP contribution in [0.2, 0.25) is 0 Å². The molecule has 2 fully saturated rings. The second-order valence-corrected chi connectivity index (χ2v) is 5.15. The van der Waals surface area contributed by atoms with Crippen LogP contribution < -0.4 is 5.32 Å². The van der Waals surface area contributed by atoms with E-state index in [4.69, 9.17) is 18.9 Å². The first kappa shape index (κ1) is 14.3. The predicted molar refractivity (Wildman–Crippen MR) is 73.8 cm³/mol. The van der Waals surface area contributed by atoms with E-state index in [1.807, 2.05) is 30.3 Å². The maximum absolute atomic E-state index is 11.7. The van der Waals surface area contributed by atoms with Crippen LogP contribution in [-0.4, -0.2) is 50.8 Å². The predicted octanol–water partition coefficient (Wildman–Crippen LogP) is 1.09. The lowest BCUT2D eigenvalue weighted by Crippen LogP contribution is -2.42. The summed E-state index contributed by atoms with van der Waals surface area (Å²) in [5.74, 6) is 0. The lowest BCUT2D eigenvalue weighted by Gasteiger charge is -2.22. The van der Waals surface area contributed by atoms with Crippen molar-refractivity contribution in [2.24, 2.45) is 0 Å². The minimum Gasteiger partial charge on any atom is -0.445 e. The second kappa shape index (κ2) is 6.43. The van der Waals surface area contributed by atoms with Crippen LogP contribution in [0, 0.1) is 0 Å². The molecule has 2 heterocycles. The molecule has 0 aromatic heterocycles. The van der Waals surface area contributed by atoms with Gasteiger partial charge in [-0.2, -0.15) is 0 Å². The number of epoxide rings is 1. The molecule has 0 saturated carbocycles. The first-order valence-corrected chi connectivity index (χ1v) is 7.02. The van der Waals surface area contributed by atoms with Crippen molar-refractivity contribution >= 4 is 6.09 Å². The highest BCUT2D eigenvalue weighted by Crippen LogP contribution is 2.36. The zero-order valence-electron chi connectivity index (χ0n) is 11.9. The van der Waals surface area contributed by atoms with Crippen molar-refractivity contribution in [3.63, 3.8) is 0 Å². The molecule has 4 atom stereocenters. The van der Waals surface area contributed by atoms with E-state index in [0.29, 0.717) is 13.2 Å². The number of alkyl carbamates (subject to hydrolysis) is 1. The van der Waals surface area contributed by atoms with Gasteiger partial charge in [0.1, 0.15) is 31.0 Å². The Bertz CT molecular complexity index is 480. The van der Waals surface area contributed by atoms with Crippen LogP contribution in [0.1, 0.15) is 5.56 Å². The fourth-order valence-electron chi connectivity index (χ4n) is 2.49. The maximum Gasteiger partial charge on any atom is 0.407 e. The number of carbonyl (C=O) groups excluding carboxylic acids is 1. The molecule has 0 bridgehead atoms. The summed E-state index contributed by atoms with van der Waals surface area (Å²) in [5.41, 5.74) is 0.948. The van der Waals surface area contributed by atoms with Crippen LogP contribution >= 0.6 is 0 Å². The molecule has 0 radical (unpaired) electrons. The summed E-state index contributed by atoms with van der Waals surface area (Å²) in [7, 11) is 1.60.